The fourth-order valence-electron chi connectivity index (χ4n) is 2.97. The van der Waals surface area contributed by atoms with E-state index in [-0.39, 0.29) is 11.8 Å². The zero-order chi connectivity index (χ0) is 18.2. The summed E-state index contributed by atoms with van der Waals surface area (Å²) in [5.74, 6) is 0.609. The van der Waals surface area contributed by atoms with E-state index in [1.807, 2.05) is 12.1 Å². The first-order valence-electron chi connectivity index (χ1n) is 9.01. The SMILES string of the molecule is CNC(=O)c1ccc(/C=C/C(=O)NC[C@H](C)N2CCC(C)CC2)cc1. The minimum Gasteiger partial charge on any atom is -0.355 e. The van der Waals surface area contributed by atoms with Crippen molar-refractivity contribution >= 4 is 17.9 Å². The van der Waals surface area contributed by atoms with Crippen molar-refractivity contribution in [1.29, 1.82) is 0 Å². The molecule has 1 heterocycles. The normalized spacial score (nSPS) is 17.4. The fraction of sp³-hybridized carbons (Fsp3) is 0.500. The van der Waals surface area contributed by atoms with Gasteiger partial charge < -0.3 is 10.6 Å². The first kappa shape index (κ1) is 19.2. The third-order valence-electron chi connectivity index (χ3n) is 4.84. The van der Waals surface area contributed by atoms with Crippen LogP contribution in [0.25, 0.3) is 6.08 Å². The van der Waals surface area contributed by atoms with Crippen LogP contribution in [0.15, 0.2) is 30.3 Å². The molecule has 1 aromatic rings. The monoisotopic (exact) mass is 343 g/mol. The number of likely N-dealkylation sites (tertiary alicyclic amines) is 1. The van der Waals surface area contributed by atoms with E-state index in [0.717, 1.165) is 24.6 Å². The highest BCUT2D eigenvalue weighted by atomic mass is 16.2. The summed E-state index contributed by atoms with van der Waals surface area (Å²) < 4.78 is 0. The molecule has 1 aliphatic rings. The molecule has 0 radical (unpaired) electrons. The van der Waals surface area contributed by atoms with Crippen molar-refractivity contribution in [2.45, 2.75) is 32.7 Å². The second kappa shape index (κ2) is 9.37. The lowest BCUT2D eigenvalue weighted by atomic mass is 9.98. The van der Waals surface area contributed by atoms with Gasteiger partial charge in [-0.3, -0.25) is 14.5 Å². The lowest BCUT2D eigenvalue weighted by Gasteiger charge is -2.34. The average Bonchev–Trinajstić information content (AvgIpc) is 2.64. The Balaban J connectivity index is 1.77. The van der Waals surface area contributed by atoms with Crippen LogP contribution in [0, 0.1) is 5.92 Å². The summed E-state index contributed by atoms with van der Waals surface area (Å²) >= 11 is 0. The average molecular weight is 343 g/mol. The van der Waals surface area contributed by atoms with Gasteiger partial charge in [-0.05, 0) is 62.5 Å². The van der Waals surface area contributed by atoms with E-state index in [1.54, 1.807) is 31.3 Å². The molecule has 0 bridgehead atoms. The zero-order valence-electron chi connectivity index (χ0n) is 15.4. The zero-order valence-corrected chi connectivity index (χ0v) is 15.4. The summed E-state index contributed by atoms with van der Waals surface area (Å²) in [7, 11) is 1.60. The van der Waals surface area contributed by atoms with Gasteiger partial charge in [0, 0.05) is 31.3 Å². The van der Waals surface area contributed by atoms with E-state index < -0.39 is 0 Å². The standard InChI is InChI=1S/C20H29N3O2/c1-15-10-12-23(13-11-15)16(2)14-22-19(24)9-6-17-4-7-18(8-5-17)20(25)21-3/h4-9,15-16H,10-14H2,1-3H3,(H,21,25)(H,22,24)/b9-6+/t16-/m0/s1. The van der Waals surface area contributed by atoms with Crippen molar-refractivity contribution in [1.82, 2.24) is 15.5 Å². The Bertz CT molecular complexity index is 602. The van der Waals surface area contributed by atoms with Crippen molar-refractivity contribution in [3.8, 4) is 0 Å². The first-order valence-corrected chi connectivity index (χ1v) is 9.01. The van der Waals surface area contributed by atoms with Gasteiger partial charge in [0.1, 0.15) is 0 Å². The highest BCUT2D eigenvalue weighted by molar-refractivity contribution is 5.94. The van der Waals surface area contributed by atoms with Crippen LogP contribution in [0.5, 0.6) is 0 Å². The summed E-state index contributed by atoms with van der Waals surface area (Å²) in [5, 5.41) is 5.55. The Kier molecular flexibility index (Phi) is 7.19. The van der Waals surface area contributed by atoms with Crippen molar-refractivity contribution in [3.05, 3.63) is 41.5 Å². The molecule has 136 valence electrons. The van der Waals surface area contributed by atoms with Gasteiger partial charge in [0.05, 0.1) is 0 Å². The molecule has 25 heavy (non-hydrogen) atoms. The molecule has 0 unspecified atom stereocenters. The summed E-state index contributed by atoms with van der Waals surface area (Å²) in [6.45, 7) is 7.36. The van der Waals surface area contributed by atoms with Gasteiger partial charge in [-0.15, -0.1) is 0 Å². The molecule has 1 fully saturated rings. The largest absolute Gasteiger partial charge is 0.355 e. The number of benzene rings is 1. The third kappa shape index (κ3) is 6.02. The highest BCUT2D eigenvalue weighted by Gasteiger charge is 2.20. The highest BCUT2D eigenvalue weighted by Crippen LogP contribution is 2.17. The minimum atomic E-state index is -0.116. The maximum atomic E-state index is 12.0. The number of nitrogens with one attached hydrogen (secondary N) is 2. The van der Waals surface area contributed by atoms with E-state index in [0.29, 0.717) is 18.2 Å². The molecule has 1 saturated heterocycles. The molecule has 1 aliphatic heterocycles. The molecule has 0 saturated carbocycles. The van der Waals surface area contributed by atoms with Crippen LogP contribution in [-0.2, 0) is 4.79 Å². The van der Waals surface area contributed by atoms with E-state index in [2.05, 4.69) is 29.4 Å². The summed E-state index contributed by atoms with van der Waals surface area (Å²) in [6.07, 6.45) is 5.78. The third-order valence-corrected chi connectivity index (χ3v) is 4.84. The first-order chi connectivity index (χ1) is 12.0. The number of piperidine rings is 1. The lowest BCUT2D eigenvalue weighted by molar-refractivity contribution is -0.116. The maximum absolute atomic E-state index is 12.0. The minimum absolute atomic E-state index is 0.0902. The maximum Gasteiger partial charge on any atom is 0.251 e. The quantitative estimate of drug-likeness (QED) is 0.779. The van der Waals surface area contributed by atoms with Gasteiger partial charge in [0.2, 0.25) is 5.91 Å². The summed E-state index contributed by atoms with van der Waals surface area (Å²) in [5.41, 5.74) is 1.50. The van der Waals surface area contributed by atoms with Crippen molar-refractivity contribution in [3.63, 3.8) is 0 Å². The van der Waals surface area contributed by atoms with Crippen molar-refractivity contribution in [2.75, 3.05) is 26.7 Å². The predicted octanol–water partition coefficient (Wildman–Crippen LogP) is 2.30. The van der Waals surface area contributed by atoms with Gasteiger partial charge in [0.25, 0.3) is 5.91 Å². The van der Waals surface area contributed by atoms with Crippen LogP contribution in [0.2, 0.25) is 0 Å². The second-order valence-corrected chi connectivity index (χ2v) is 6.85. The summed E-state index contributed by atoms with van der Waals surface area (Å²) in [4.78, 5) is 25.9. The number of carbonyl (C=O) groups is 2. The Labute approximate surface area is 150 Å². The molecule has 1 atom stereocenters. The van der Waals surface area contributed by atoms with Crippen molar-refractivity contribution in [2.24, 2.45) is 5.92 Å². The van der Waals surface area contributed by atoms with Crippen molar-refractivity contribution < 1.29 is 9.59 Å². The molecule has 2 amide bonds. The number of hydrogen-bond donors (Lipinski definition) is 2. The van der Waals surface area contributed by atoms with Crippen LogP contribution in [0.4, 0.5) is 0 Å². The van der Waals surface area contributed by atoms with Crippen LogP contribution >= 0.6 is 0 Å². The number of amides is 2. The van der Waals surface area contributed by atoms with E-state index in [9.17, 15) is 9.59 Å². The molecular weight excluding hydrogens is 314 g/mol. The Hall–Kier alpha value is -2.14. The van der Waals surface area contributed by atoms with Crippen LogP contribution < -0.4 is 10.6 Å². The number of hydrogen-bond acceptors (Lipinski definition) is 3. The summed E-state index contributed by atoms with van der Waals surface area (Å²) in [6, 6.07) is 7.50. The Morgan fingerprint density at radius 1 is 1.24 bits per heavy atom. The van der Waals surface area contributed by atoms with Crippen LogP contribution in [0.1, 0.15) is 42.6 Å². The molecule has 2 N–H and O–H groups in total. The van der Waals surface area contributed by atoms with Crippen LogP contribution in [-0.4, -0.2) is 49.4 Å². The van der Waals surface area contributed by atoms with E-state index in [4.69, 9.17) is 0 Å². The molecule has 0 aliphatic carbocycles. The molecule has 5 heteroatoms. The van der Waals surface area contributed by atoms with Gasteiger partial charge in [-0.1, -0.05) is 19.1 Å². The van der Waals surface area contributed by atoms with Gasteiger partial charge >= 0.3 is 0 Å². The molecule has 0 spiro atoms. The molecule has 1 aromatic carbocycles. The lowest BCUT2D eigenvalue weighted by Crippen LogP contribution is -2.45. The molecule has 0 aromatic heterocycles. The number of carbonyl (C=O) groups excluding carboxylic acids is 2. The fourth-order valence-corrected chi connectivity index (χ4v) is 2.97. The second-order valence-electron chi connectivity index (χ2n) is 6.85. The smallest absolute Gasteiger partial charge is 0.251 e. The molecule has 2 rings (SSSR count). The molecule has 5 nitrogen and oxygen atoms in total. The Morgan fingerprint density at radius 3 is 2.48 bits per heavy atom. The van der Waals surface area contributed by atoms with Crippen LogP contribution in [0.3, 0.4) is 0 Å². The predicted molar refractivity (Wildman–Crippen MR) is 101 cm³/mol. The van der Waals surface area contributed by atoms with Gasteiger partial charge in [-0.2, -0.15) is 0 Å². The molecular formula is C20H29N3O2. The number of rotatable bonds is 6. The number of nitrogens with zero attached hydrogens (tertiary/aromatic N) is 1. The topological polar surface area (TPSA) is 61.4 Å². The van der Waals surface area contributed by atoms with Gasteiger partial charge in [0.15, 0.2) is 0 Å². The Morgan fingerprint density at radius 2 is 1.88 bits per heavy atom. The van der Waals surface area contributed by atoms with Gasteiger partial charge in [-0.25, -0.2) is 0 Å². The van der Waals surface area contributed by atoms with E-state index >= 15 is 0 Å². The van der Waals surface area contributed by atoms with E-state index in [1.165, 1.54) is 12.8 Å².